The molecule has 21 heavy (non-hydrogen) atoms. The van der Waals surface area contributed by atoms with E-state index in [1.165, 1.54) is 12.1 Å². The maximum absolute atomic E-state index is 10.6. The van der Waals surface area contributed by atoms with Gasteiger partial charge in [0.15, 0.2) is 5.82 Å². The minimum Gasteiger partial charge on any atom is -0.258 e. The average Bonchev–Trinajstić information content (AvgIpc) is 2.93. The zero-order chi connectivity index (χ0) is 15.4. The van der Waals surface area contributed by atoms with Gasteiger partial charge in [0.2, 0.25) is 0 Å². The molecule has 1 heterocycles. The normalized spacial score (nSPS) is 12.6. The van der Waals surface area contributed by atoms with Gasteiger partial charge in [-0.15, -0.1) is 0 Å². The van der Waals surface area contributed by atoms with Crippen molar-refractivity contribution in [3.63, 3.8) is 0 Å². The Morgan fingerprint density at radius 3 is 2.52 bits per heavy atom. The Kier molecular flexibility index (Phi) is 4.95. The first-order chi connectivity index (χ1) is 10.0. The van der Waals surface area contributed by atoms with Gasteiger partial charge in [0.25, 0.3) is 5.69 Å². The molecule has 1 aromatic carbocycles. The molecule has 1 atom stereocenters. The van der Waals surface area contributed by atoms with E-state index in [1.54, 1.807) is 23.1 Å². The van der Waals surface area contributed by atoms with Crippen LogP contribution in [0.3, 0.4) is 0 Å². The summed E-state index contributed by atoms with van der Waals surface area (Å²) < 4.78 is 1.80. The molecule has 1 unspecified atom stereocenters. The Morgan fingerprint density at radius 1 is 1.33 bits per heavy atom. The molecule has 0 N–H and O–H groups in total. The zero-order valence-electron chi connectivity index (χ0n) is 12.0. The molecule has 0 spiro atoms. The Hall–Kier alpha value is -1.89. The van der Waals surface area contributed by atoms with Crippen molar-refractivity contribution in [3.8, 4) is 11.4 Å². The lowest BCUT2D eigenvalue weighted by molar-refractivity contribution is -0.384. The lowest BCUT2D eigenvalue weighted by Gasteiger charge is -2.17. The second kappa shape index (κ2) is 6.71. The monoisotopic (exact) mass is 306 g/mol. The number of thiol groups is 1. The summed E-state index contributed by atoms with van der Waals surface area (Å²) in [4.78, 5) is 14.5. The highest BCUT2D eigenvalue weighted by atomic mass is 32.1. The van der Waals surface area contributed by atoms with Gasteiger partial charge in [-0.3, -0.25) is 14.8 Å². The molecular formula is C14H18N4O2S. The van der Waals surface area contributed by atoms with Gasteiger partial charge < -0.3 is 0 Å². The molecule has 1 aromatic heterocycles. The summed E-state index contributed by atoms with van der Waals surface area (Å²) in [6, 6.07) is 6.24. The summed E-state index contributed by atoms with van der Waals surface area (Å²) in [6.07, 6.45) is 1.69. The van der Waals surface area contributed by atoms with E-state index in [0.29, 0.717) is 17.7 Å². The fourth-order valence-electron chi connectivity index (χ4n) is 1.97. The molecule has 0 aliphatic rings. The van der Waals surface area contributed by atoms with Crippen molar-refractivity contribution in [2.75, 3.05) is 5.75 Å². The van der Waals surface area contributed by atoms with Crippen LogP contribution in [0.1, 0.15) is 13.8 Å². The highest BCUT2D eigenvalue weighted by molar-refractivity contribution is 7.80. The van der Waals surface area contributed by atoms with Crippen molar-refractivity contribution in [1.29, 1.82) is 0 Å². The van der Waals surface area contributed by atoms with Gasteiger partial charge in [0, 0.05) is 24.2 Å². The number of non-ortho nitro benzene ring substituents is 1. The third-order valence-electron chi connectivity index (χ3n) is 3.47. The molecular weight excluding hydrogens is 288 g/mol. The molecule has 0 radical (unpaired) electrons. The molecule has 7 heteroatoms. The van der Waals surface area contributed by atoms with E-state index in [2.05, 4.69) is 36.6 Å². The molecule has 0 saturated heterocycles. The van der Waals surface area contributed by atoms with Crippen LogP contribution in [0.2, 0.25) is 0 Å². The van der Waals surface area contributed by atoms with Crippen LogP contribution >= 0.6 is 12.6 Å². The molecule has 0 bridgehead atoms. The van der Waals surface area contributed by atoms with Crippen molar-refractivity contribution >= 4 is 18.3 Å². The highest BCUT2D eigenvalue weighted by Crippen LogP contribution is 2.20. The van der Waals surface area contributed by atoms with E-state index in [0.717, 1.165) is 17.9 Å². The van der Waals surface area contributed by atoms with Crippen molar-refractivity contribution in [2.24, 2.45) is 11.8 Å². The molecule has 0 fully saturated rings. The maximum atomic E-state index is 10.6. The third kappa shape index (κ3) is 3.81. The molecule has 0 saturated carbocycles. The van der Waals surface area contributed by atoms with E-state index < -0.39 is 4.92 Å². The Morgan fingerprint density at radius 2 is 2.00 bits per heavy atom. The predicted octanol–water partition coefficient (Wildman–Crippen LogP) is 3.06. The fraction of sp³-hybridized carbons (Fsp3) is 0.429. The van der Waals surface area contributed by atoms with E-state index in [1.807, 2.05) is 0 Å². The second-order valence-electron chi connectivity index (χ2n) is 5.28. The summed E-state index contributed by atoms with van der Waals surface area (Å²) in [5.74, 6) is 2.32. The number of hydrogen-bond acceptors (Lipinski definition) is 5. The predicted molar refractivity (Wildman–Crippen MR) is 84.3 cm³/mol. The molecule has 0 amide bonds. The first kappa shape index (κ1) is 15.5. The van der Waals surface area contributed by atoms with Crippen molar-refractivity contribution < 1.29 is 4.92 Å². The number of nitro groups is 1. The number of rotatable bonds is 6. The second-order valence-corrected chi connectivity index (χ2v) is 5.65. The zero-order valence-corrected chi connectivity index (χ0v) is 12.9. The van der Waals surface area contributed by atoms with Gasteiger partial charge in [-0.2, -0.15) is 17.7 Å². The number of benzene rings is 1. The van der Waals surface area contributed by atoms with E-state index >= 15 is 0 Å². The number of aromatic nitrogens is 3. The lowest BCUT2D eigenvalue weighted by Crippen LogP contribution is -2.18. The first-order valence-electron chi connectivity index (χ1n) is 6.76. The number of nitro benzene ring substituents is 1. The molecule has 2 aromatic rings. The molecule has 112 valence electrons. The SMILES string of the molecule is CC(C)C(CS)Cn1cnc(-c2ccc([N+](=O)[O-])cc2)n1. The number of nitrogens with zero attached hydrogens (tertiary/aromatic N) is 4. The fourth-order valence-corrected chi connectivity index (χ4v) is 2.50. The topological polar surface area (TPSA) is 73.8 Å². The minimum absolute atomic E-state index is 0.0631. The number of hydrogen-bond donors (Lipinski definition) is 1. The van der Waals surface area contributed by atoms with Crippen molar-refractivity contribution in [2.45, 2.75) is 20.4 Å². The van der Waals surface area contributed by atoms with Crippen LogP contribution in [-0.4, -0.2) is 25.4 Å². The molecule has 0 aliphatic heterocycles. The summed E-state index contributed by atoms with van der Waals surface area (Å²) in [7, 11) is 0. The summed E-state index contributed by atoms with van der Waals surface area (Å²) in [6.45, 7) is 5.09. The lowest BCUT2D eigenvalue weighted by atomic mass is 9.98. The van der Waals surface area contributed by atoms with Crippen LogP contribution < -0.4 is 0 Å². The Balaban J connectivity index is 2.14. The maximum Gasteiger partial charge on any atom is 0.269 e. The Bertz CT molecular complexity index is 610. The van der Waals surface area contributed by atoms with Gasteiger partial charge in [0.1, 0.15) is 6.33 Å². The van der Waals surface area contributed by atoms with Crippen LogP contribution in [0.25, 0.3) is 11.4 Å². The van der Waals surface area contributed by atoms with Gasteiger partial charge in [-0.25, -0.2) is 4.98 Å². The van der Waals surface area contributed by atoms with Crippen LogP contribution in [0, 0.1) is 22.0 Å². The average molecular weight is 306 g/mol. The summed E-state index contributed by atoms with van der Waals surface area (Å²) in [5, 5.41) is 15.1. The quantitative estimate of drug-likeness (QED) is 0.505. The van der Waals surface area contributed by atoms with E-state index in [4.69, 9.17) is 0 Å². The largest absolute Gasteiger partial charge is 0.269 e. The Labute approximate surface area is 128 Å². The van der Waals surface area contributed by atoms with E-state index in [-0.39, 0.29) is 5.69 Å². The molecule has 2 rings (SSSR count). The standard InChI is InChI=1S/C14H18N4O2S/c1-10(2)12(8-21)7-17-9-15-14(16-17)11-3-5-13(6-4-11)18(19)20/h3-6,9-10,12,21H,7-8H2,1-2H3. The van der Waals surface area contributed by atoms with Crippen LogP contribution in [-0.2, 0) is 6.54 Å². The van der Waals surface area contributed by atoms with Crippen LogP contribution in [0.4, 0.5) is 5.69 Å². The van der Waals surface area contributed by atoms with Gasteiger partial charge in [0.05, 0.1) is 4.92 Å². The molecule has 6 nitrogen and oxygen atoms in total. The van der Waals surface area contributed by atoms with Gasteiger partial charge in [-0.05, 0) is 29.7 Å². The highest BCUT2D eigenvalue weighted by Gasteiger charge is 2.14. The first-order valence-corrected chi connectivity index (χ1v) is 7.39. The molecule has 0 aliphatic carbocycles. The minimum atomic E-state index is -0.421. The summed E-state index contributed by atoms with van der Waals surface area (Å²) >= 11 is 4.37. The van der Waals surface area contributed by atoms with Crippen LogP contribution in [0.5, 0.6) is 0 Å². The van der Waals surface area contributed by atoms with Crippen molar-refractivity contribution in [3.05, 3.63) is 40.7 Å². The van der Waals surface area contributed by atoms with Crippen LogP contribution in [0.15, 0.2) is 30.6 Å². The smallest absolute Gasteiger partial charge is 0.258 e. The summed E-state index contributed by atoms with van der Waals surface area (Å²) in [5.41, 5.74) is 0.833. The van der Waals surface area contributed by atoms with Crippen molar-refractivity contribution in [1.82, 2.24) is 14.8 Å². The van der Waals surface area contributed by atoms with Gasteiger partial charge >= 0.3 is 0 Å². The third-order valence-corrected chi connectivity index (χ3v) is 3.94. The van der Waals surface area contributed by atoms with E-state index in [9.17, 15) is 10.1 Å². The van der Waals surface area contributed by atoms with Gasteiger partial charge in [-0.1, -0.05) is 13.8 Å².